The summed E-state index contributed by atoms with van der Waals surface area (Å²) in [6.07, 6.45) is 0.695. The van der Waals surface area contributed by atoms with Gasteiger partial charge in [0, 0.05) is 35.9 Å². The van der Waals surface area contributed by atoms with Crippen molar-refractivity contribution in [3.8, 4) is 0 Å². The Morgan fingerprint density at radius 2 is 1.64 bits per heavy atom. The Balaban J connectivity index is 2.96. The van der Waals surface area contributed by atoms with E-state index in [-0.39, 0.29) is 5.78 Å². The standard InChI is InChI=1S/C16H25BrO4Si/c1-5-19-22(20-6-2,21-7-3)11-10-14-12-15(17)8-9-16(14)13(4)18/h8-9,12H,5-7,10-11H2,1-4H3. The summed E-state index contributed by atoms with van der Waals surface area (Å²) >= 11 is 3.46. The molecule has 0 atom stereocenters. The molecule has 0 heterocycles. The lowest BCUT2D eigenvalue weighted by Gasteiger charge is -2.28. The predicted molar refractivity (Wildman–Crippen MR) is 93.3 cm³/mol. The number of hydrogen-bond donors (Lipinski definition) is 0. The molecule has 0 radical (unpaired) electrons. The van der Waals surface area contributed by atoms with Crippen LogP contribution in [0.2, 0.25) is 6.04 Å². The first kappa shape index (κ1) is 19.5. The molecule has 0 spiro atoms. The second-order valence-electron chi connectivity index (χ2n) is 4.84. The van der Waals surface area contributed by atoms with E-state index in [4.69, 9.17) is 13.3 Å². The van der Waals surface area contributed by atoms with Crippen LogP contribution in [-0.4, -0.2) is 34.4 Å². The molecule has 22 heavy (non-hydrogen) atoms. The van der Waals surface area contributed by atoms with Crippen molar-refractivity contribution in [2.24, 2.45) is 0 Å². The molecule has 0 aliphatic heterocycles. The van der Waals surface area contributed by atoms with E-state index in [1.807, 2.05) is 39.0 Å². The highest BCUT2D eigenvalue weighted by Crippen LogP contribution is 2.24. The third kappa shape index (κ3) is 5.59. The molecule has 0 N–H and O–H groups in total. The topological polar surface area (TPSA) is 44.8 Å². The molecular formula is C16H25BrO4Si. The van der Waals surface area contributed by atoms with Crippen LogP contribution in [0.25, 0.3) is 0 Å². The summed E-state index contributed by atoms with van der Waals surface area (Å²) < 4.78 is 18.5. The molecular weight excluding hydrogens is 364 g/mol. The summed E-state index contributed by atoms with van der Waals surface area (Å²) in [7, 11) is -2.68. The Hall–Kier alpha value is -0.533. The normalized spacial score (nSPS) is 11.7. The minimum atomic E-state index is -2.68. The summed E-state index contributed by atoms with van der Waals surface area (Å²) in [4.78, 5) is 11.8. The van der Waals surface area contributed by atoms with Gasteiger partial charge in [0.2, 0.25) is 0 Å². The fourth-order valence-corrected chi connectivity index (χ4v) is 5.39. The number of rotatable bonds is 10. The van der Waals surface area contributed by atoms with Crippen molar-refractivity contribution in [2.45, 2.75) is 40.2 Å². The van der Waals surface area contributed by atoms with Gasteiger partial charge in [-0.25, -0.2) is 0 Å². The van der Waals surface area contributed by atoms with Gasteiger partial charge in [0.25, 0.3) is 0 Å². The van der Waals surface area contributed by atoms with Crippen LogP contribution in [0.4, 0.5) is 0 Å². The second-order valence-corrected chi connectivity index (χ2v) is 8.49. The van der Waals surface area contributed by atoms with Gasteiger partial charge in [0.15, 0.2) is 5.78 Å². The SMILES string of the molecule is CCO[Si](CCc1cc(Br)ccc1C(C)=O)(OCC)OCC. The molecule has 0 bridgehead atoms. The zero-order chi connectivity index (χ0) is 16.6. The summed E-state index contributed by atoms with van der Waals surface area (Å²) in [5, 5.41) is 0. The molecule has 0 fully saturated rings. The van der Waals surface area contributed by atoms with E-state index in [1.54, 1.807) is 6.92 Å². The molecule has 6 heteroatoms. The van der Waals surface area contributed by atoms with Crippen molar-refractivity contribution in [3.05, 3.63) is 33.8 Å². The maximum Gasteiger partial charge on any atom is 0.501 e. The second kappa shape index (κ2) is 9.57. The van der Waals surface area contributed by atoms with Gasteiger partial charge in [-0.05, 0) is 51.8 Å². The molecule has 1 aromatic rings. The van der Waals surface area contributed by atoms with Gasteiger partial charge in [-0.1, -0.05) is 22.0 Å². The van der Waals surface area contributed by atoms with Crippen molar-refractivity contribution in [1.82, 2.24) is 0 Å². The lowest BCUT2D eigenvalue weighted by Crippen LogP contribution is -2.46. The summed E-state index contributed by atoms with van der Waals surface area (Å²) in [6.45, 7) is 9.10. The van der Waals surface area contributed by atoms with Crippen molar-refractivity contribution in [2.75, 3.05) is 19.8 Å². The first-order chi connectivity index (χ1) is 10.5. The molecule has 124 valence electrons. The lowest BCUT2D eigenvalue weighted by molar-refractivity contribution is 0.0713. The highest BCUT2D eigenvalue weighted by atomic mass is 79.9. The monoisotopic (exact) mass is 388 g/mol. The van der Waals surface area contributed by atoms with E-state index < -0.39 is 8.80 Å². The number of benzene rings is 1. The molecule has 0 aliphatic rings. The molecule has 0 aliphatic carbocycles. The van der Waals surface area contributed by atoms with Crippen molar-refractivity contribution < 1.29 is 18.1 Å². The smallest absolute Gasteiger partial charge is 0.374 e. The quantitative estimate of drug-likeness (QED) is 0.444. The maximum atomic E-state index is 11.8. The Labute approximate surface area is 142 Å². The number of aryl methyl sites for hydroxylation is 1. The summed E-state index contributed by atoms with van der Waals surface area (Å²) in [5.74, 6) is 0.0685. The van der Waals surface area contributed by atoms with E-state index in [2.05, 4.69) is 15.9 Å². The lowest BCUT2D eigenvalue weighted by atomic mass is 10.0. The number of carbonyl (C=O) groups is 1. The first-order valence-corrected chi connectivity index (χ1v) is 10.4. The fraction of sp³-hybridized carbons (Fsp3) is 0.562. The van der Waals surface area contributed by atoms with Gasteiger partial charge in [-0.2, -0.15) is 0 Å². The molecule has 0 saturated heterocycles. The van der Waals surface area contributed by atoms with E-state index >= 15 is 0 Å². The molecule has 4 nitrogen and oxygen atoms in total. The zero-order valence-electron chi connectivity index (χ0n) is 13.8. The van der Waals surface area contributed by atoms with Crippen LogP contribution >= 0.6 is 15.9 Å². The molecule has 0 unspecified atom stereocenters. The van der Waals surface area contributed by atoms with Gasteiger partial charge in [-0.3, -0.25) is 4.79 Å². The fourth-order valence-electron chi connectivity index (χ4n) is 2.40. The zero-order valence-corrected chi connectivity index (χ0v) is 16.4. The summed E-state index contributed by atoms with van der Waals surface area (Å²) in [5.41, 5.74) is 1.74. The van der Waals surface area contributed by atoms with E-state index in [1.165, 1.54) is 0 Å². The van der Waals surface area contributed by atoms with Gasteiger partial charge in [-0.15, -0.1) is 0 Å². The highest BCUT2D eigenvalue weighted by molar-refractivity contribution is 9.10. The third-order valence-electron chi connectivity index (χ3n) is 3.24. The van der Waals surface area contributed by atoms with E-state index in [0.29, 0.717) is 32.3 Å². The molecule has 0 aromatic heterocycles. The Bertz CT molecular complexity index is 476. The van der Waals surface area contributed by atoms with Crippen LogP contribution in [-0.2, 0) is 19.7 Å². The molecule has 0 amide bonds. The number of hydrogen-bond acceptors (Lipinski definition) is 4. The Morgan fingerprint density at radius 1 is 1.09 bits per heavy atom. The molecule has 1 aromatic carbocycles. The average Bonchev–Trinajstić information content (AvgIpc) is 2.46. The molecule has 1 rings (SSSR count). The van der Waals surface area contributed by atoms with Crippen LogP contribution in [0, 0.1) is 0 Å². The Morgan fingerprint density at radius 3 is 2.09 bits per heavy atom. The van der Waals surface area contributed by atoms with E-state index in [0.717, 1.165) is 15.6 Å². The average molecular weight is 389 g/mol. The number of halogens is 1. The third-order valence-corrected chi connectivity index (χ3v) is 6.78. The minimum Gasteiger partial charge on any atom is -0.374 e. The maximum absolute atomic E-state index is 11.8. The predicted octanol–water partition coefficient (Wildman–Crippen LogP) is 4.24. The van der Waals surface area contributed by atoms with E-state index in [9.17, 15) is 4.79 Å². The van der Waals surface area contributed by atoms with Crippen molar-refractivity contribution >= 4 is 30.5 Å². The highest BCUT2D eigenvalue weighted by Gasteiger charge is 2.40. The van der Waals surface area contributed by atoms with Crippen LogP contribution in [0.3, 0.4) is 0 Å². The van der Waals surface area contributed by atoms with Crippen LogP contribution in [0.15, 0.2) is 22.7 Å². The largest absolute Gasteiger partial charge is 0.501 e. The van der Waals surface area contributed by atoms with Gasteiger partial charge in [0.05, 0.1) is 0 Å². The van der Waals surface area contributed by atoms with Crippen molar-refractivity contribution in [3.63, 3.8) is 0 Å². The number of Topliss-reactive ketones (excluding diaryl/α,β-unsaturated/α-hetero) is 1. The first-order valence-electron chi connectivity index (χ1n) is 7.69. The van der Waals surface area contributed by atoms with Crippen LogP contribution < -0.4 is 0 Å². The van der Waals surface area contributed by atoms with Crippen LogP contribution in [0.1, 0.15) is 43.6 Å². The van der Waals surface area contributed by atoms with Gasteiger partial charge >= 0.3 is 8.80 Å². The van der Waals surface area contributed by atoms with Gasteiger partial charge in [0.1, 0.15) is 0 Å². The summed E-state index contributed by atoms with van der Waals surface area (Å²) in [6, 6.07) is 6.39. The van der Waals surface area contributed by atoms with Crippen LogP contribution in [0.5, 0.6) is 0 Å². The van der Waals surface area contributed by atoms with Gasteiger partial charge < -0.3 is 13.3 Å². The number of carbonyl (C=O) groups excluding carboxylic acids is 1. The minimum absolute atomic E-state index is 0.0685. The van der Waals surface area contributed by atoms with Crippen molar-refractivity contribution in [1.29, 1.82) is 0 Å². The molecule has 0 saturated carbocycles. The Kier molecular flexibility index (Phi) is 8.49. The number of ketones is 1.